The molecule has 6 heteroatoms. The quantitative estimate of drug-likeness (QED) is 0.903. The molecule has 1 N–H and O–H groups in total. The first-order valence-corrected chi connectivity index (χ1v) is 6.85. The number of carbonyl (C=O) groups excluding carboxylic acids is 1. The fourth-order valence-corrected chi connectivity index (χ4v) is 1.83. The lowest BCUT2D eigenvalue weighted by atomic mass is 10.1. The van der Waals surface area contributed by atoms with Crippen LogP contribution in [0.15, 0.2) is 18.5 Å². The Balaban J connectivity index is 2.20. The minimum absolute atomic E-state index is 0.0416. The van der Waals surface area contributed by atoms with Crippen LogP contribution in [-0.2, 0) is 4.79 Å². The van der Waals surface area contributed by atoms with Crippen molar-refractivity contribution in [1.82, 2.24) is 19.5 Å². The standard InChI is InChI=1S/C14H21N5O/c1-5-18(4)13(20)9-16-14-12-8-11(10(2)3)17-19(12)7-6-15-14/h6-8,10H,5,9H2,1-4H3,(H,15,16). The van der Waals surface area contributed by atoms with Gasteiger partial charge in [0, 0.05) is 26.0 Å². The third-order valence-electron chi connectivity index (χ3n) is 3.31. The van der Waals surface area contributed by atoms with Crippen LogP contribution in [0.1, 0.15) is 32.4 Å². The Labute approximate surface area is 118 Å². The molecular weight excluding hydrogens is 254 g/mol. The Kier molecular flexibility index (Phi) is 4.22. The maximum Gasteiger partial charge on any atom is 0.241 e. The number of likely N-dealkylation sites (N-methyl/N-ethyl adjacent to an activating group) is 1. The number of aromatic nitrogens is 3. The smallest absolute Gasteiger partial charge is 0.241 e. The van der Waals surface area contributed by atoms with E-state index < -0.39 is 0 Å². The lowest BCUT2D eigenvalue weighted by Crippen LogP contribution is -2.32. The van der Waals surface area contributed by atoms with Crippen LogP contribution in [0.2, 0.25) is 0 Å². The fourth-order valence-electron chi connectivity index (χ4n) is 1.83. The Morgan fingerprint density at radius 1 is 1.50 bits per heavy atom. The van der Waals surface area contributed by atoms with Gasteiger partial charge in [0.15, 0.2) is 5.82 Å². The van der Waals surface area contributed by atoms with Crippen molar-refractivity contribution in [2.75, 3.05) is 25.5 Å². The minimum Gasteiger partial charge on any atom is -0.359 e. The summed E-state index contributed by atoms with van der Waals surface area (Å²) < 4.78 is 1.79. The second-order valence-corrected chi connectivity index (χ2v) is 5.09. The van der Waals surface area contributed by atoms with Crippen LogP contribution in [0.4, 0.5) is 5.82 Å². The van der Waals surface area contributed by atoms with E-state index in [4.69, 9.17) is 0 Å². The highest BCUT2D eigenvalue weighted by Gasteiger charge is 2.11. The third kappa shape index (κ3) is 2.89. The number of hydrogen-bond donors (Lipinski definition) is 1. The summed E-state index contributed by atoms with van der Waals surface area (Å²) in [7, 11) is 1.79. The van der Waals surface area contributed by atoms with E-state index in [1.807, 2.05) is 19.2 Å². The molecule has 0 saturated heterocycles. The molecule has 2 aromatic rings. The van der Waals surface area contributed by atoms with Gasteiger partial charge in [0.1, 0.15) is 5.52 Å². The van der Waals surface area contributed by atoms with Crippen LogP contribution in [0, 0.1) is 0 Å². The Hall–Kier alpha value is -2.11. The predicted octanol–water partition coefficient (Wildman–Crippen LogP) is 1.74. The number of rotatable bonds is 5. The van der Waals surface area contributed by atoms with Crippen molar-refractivity contribution in [1.29, 1.82) is 0 Å². The summed E-state index contributed by atoms with van der Waals surface area (Å²) in [6, 6.07) is 2.01. The molecule has 2 aromatic heterocycles. The van der Waals surface area contributed by atoms with Crippen LogP contribution in [0.3, 0.4) is 0 Å². The van der Waals surface area contributed by atoms with E-state index in [9.17, 15) is 4.79 Å². The van der Waals surface area contributed by atoms with Gasteiger partial charge < -0.3 is 10.2 Å². The van der Waals surface area contributed by atoms with Gasteiger partial charge in [-0.25, -0.2) is 9.50 Å². The molecule has 20 heavy (non-hydrogen) atoms. The lowest BCUT2D eigenvalue weighted by Gasteiger charge is -2.15. The number of nitrogens with zero attached hydrogens (tertiary/aromatic N) is 4. The number of hydrogen-bond acceptors (Lipinski definition) is 4. The first kappa shape index (κ1) is 14.3. The summed E-state index contributed by atoms with van der Waals surface area (Å²) in [5.41, 5.74) is 1.90. The van der Waals surface area contributed by atoms with Crippen molar-refractivity contribution in [2.24, 2.45) is 0 Å². The van der Waals surface area contributed by atoms with Crippen LogP contribution >= 0.6 is 0 Å². The summed E-state index contributed by atoms with van der Waals surface area (Å²) in [6.07, 6.45) is 3.49. The van der Waals surface area contributed by atoms with Gasteiger partial charge >= 0.3 is 0 Å². The number of amides is 1. The Bertz CT molecular complexity index is 605. The molecule has 1 amide bonds. The zero-order valence-electron chi connectivity index (χ0n) is 12.4. The normalized spacial score (nSPS) is 11.1. The fraction of sp³-hybridized carbons (Fsp3) is 0.500. The molecule has 0 aliphatic carbocycles. The summed E-state index contributed by atoms with van der Waals surface area (Å²) in [5.74, 6) is 1.08. The van der Waals surface area contributed by atoms with E-state index in [1.54, 1.807) is 22.7 Å². The van der Waals surface area contributed by atoms with Crippen molar-refractivity contribution in [3.63, 3.8) is 0 Å². The average Bonchev–Trinajstić information content (AvgIpc) is 2.88. The third-order valence-corrected chi connectivity index (χ3v) is 3.31. The van der Waals surface area contributed by atoms with E-state index >= 15 is 0 Å². The van der Waals surface area contributed by atoms with Crippen LogP contribution < -0.4 is 5.32 Å². The molecule has 0 radical (unpaired) electrons. The number of anilines is 1. The van der Waals surface area contributed by atoms with Crippen LogP contribution in [-0.4, -0.2) is 45.5 Å². The number of fused-ring (bicyclic) bond motifs is 1. The SMILES string of the molecule is CCN(C)C(=O)CNc1nccn2nc(C(C)C)cc12. The maximum absolute atomic E-state index is 11.8. The van der Waals surface area contributed by atoms with Gasteiger partial charge in [-0.15, -0.1) is 0 Å². The van der Waals surface area contributed by atoms with E-state index in [1.165, 1.54) is 0 Å². The lowest BCUT2D eigenvalue weighted by molar-refractivity contribution is -0.127. The van der Waals surface area contributed by atoms with Crippen molar-refractivity contribution >= 4 is 17.2 Å². The predicted molar refractivity (Wildman–Crippen MR) is 78.9 cm³/mol. The van der Waals surface area contributed by atoms with E-state index in [2.05, 4.69) is 29.2 Å². The maximum atomic E-state index is 11.8. The van der Waals surface area contributed by atoms with Gasteiger partial charge in [0.05, 0.1) is 12.2 Å². The van der Waals surface area contributed by atoms with Crippen LogP contribution in [0.25, 0.3) is 5.52 Å². The summed E-state index contributed by atoms with van der Waals surface area (Å²) >= 11 is 0. The summed E-state index contributed by atoms with van der Waals surface area (Å²) in [6.45, 7) is 7.08. The Morgan fingerprint density at radius 3 is 2.90 bits per heavy atom. The molecule has 0 aromatic carbocycles. The number of carbonyl (C=O) groups is 1. The molecule has 0 aliphatic heterocycles. The summed E-state index contributed by atoms with van der Waals surface area (Å²) in [4.78, 5) is 17.8. The molecule has 0 fully saturated rings. The molecule has 0 saturated carbocycles. The van der Waals surface area contributed by atoms with Gasteiger partial charge in [0.2, 0.25) is 5.91 Å². The molecule has 0 aliphatic rings. The largest absolute Gasteiger partial charge is 0.359 e. The second-order valence-electron chi connectivity index (χ2n) is 5.09. The molecule has 0 atom stereocenters. The van der Waals surface area contributed by atoms with Gasteiger partial charge in [0.25, 0.3) is 0 Å². The van der Waals surface area contributed by atoms with Crippen molar-refractivity contribution in [2.45, 2.75) is 26.7 Å². The first-order chi connectivity index (χ1) is 9.52. The van der Waals surface area contributed by atoms with Gasteiger partial charge in [-0.1, -0.05) is 13.8 Å². The van der Waals surface area contributed by atoms with Gasteiger partial charge in [-0.2, -0.15) is 5.10 Å². The first-order valence-electron chi connectivity index (χ1n) is 6.85. The van der Waals surface area contributed by atoms with E-state index in [-0.39, 0.29) is 12.5 Å². The minimum atomic E-state index is 0.0416. The second kappa shape index (κ2) is 5.90. The molecular formula is C14H21N5O. The van der Waals surface area contributed by atoms with Crippen molar-refractivity contribution < 1.29 is 4.79 Å². The Morgan fingerprint density at radius 2 is 2.25 bits per heavy atom. The molecule has 108 valence electrons. The average molecular weight is 275 g/mol. The monoisotopic (exact) mass is 275 g/mol. The van der Waals surface area contributed by atoms with Crippen molar-refractivity contribution in [3.05, 3.63) is 24.2 Å². The molecule has 2 rings (SSSR count). The molecule has 6 nitrogen and oxygen atoms in total. The highest BCUT2D eigenvalue weighted by atomic mass is 16.2. The summed E-state index contributed by atoms with van der Waals surface area (Å²) in [5, 5.41) is 7.58. The highest BCUT2D eigenvalue weighted by Crippen LogP contribution is 2.19. The van der Waals surface area contributed by atoms with E-state index in [0.29, 0.717) is 18.3 Å². The van der Waals surface area contributed by atoms with Crippen LogP contribution in [0.5, 0.6) is 0 Å². The molecule has 2 heterocycles. The van der Waals surface area contributed by atoms with Gasteiger partial charge in [-0.05, 0) is 18.9 Å². The molecule has 0 unspecified atom stereocenters. The number of nitrogens with one attached hydrogen (secondary N) is 1. The van der Waals surface area contributed by atoms with Gasteiger partial charge in [-0.3, -0.25) is 4.79 Å². The topological polar surface area (TPSA) is 62.5 Å². The molecule has 0 spiro atoms. The highest BCUT2D eigenvalue weighted by molar-refractivity contribution is 5.82. The zero-order chi connectivity index (χ0) is 14.7. The van der Waals surface area contributed by atoms with E-state index in [0.717, 1.165) is 11.2 Å². The zero-order valence-corrected chi connectivity index (χ0v) is 12.4. The van der Waals surface area contributed by atoms with Crippen molar-refractivity contribution in [3.8, 4) is 0 Å². The molecule has 0 bridgehead atoms.